The monoisotopic (exact) mass is 307 g/mol. The molecule has 2 heterocycles. The molecular formula is C15H18ClN3O2. The maximum atomic E-state index is 12.2. The van der Waals surface area contributed by atoms with Crippen molar-refractivity contribution in [1.82, 2.24) is 15.2 Å². The van der Waals surface area contributed by atoms with Gasteiger partial charge >= 0.3 is 0 Å². The van der Waals surface area contributed by atoms with Crippen molar-refractivity contribution in [3.8, 4) is 0 Å². The van der Waals surface area contributed by atoms with Crippen molar-refractivity contribution in [1.29, 1.82) is 0 Å². The summed E-state index contributed by atoms with van der Waals surface area (Å²) in [6.45, 7) is 2.25. The molecule has 0 spiro atoms. The zero-order chi connectivity index (χ0) is 15.4. The molecule has 0 aromatic carbocycles. The molecule has 112 valence electrons. The largest absolute Gasteiger partial charge is 0.468 e. The summed E-state index contributed by atoms with van der Waals surface area (Å²) in [5.74, 6) is 0.555. The third-order valence-electron chi connectivity index (χ3n) is 3.19. The highest BCUT2D eigenvalue weighted by atomic mass is 35.5. The predicted molar refractivity (Wildman–Crippen MR) is 81.5 cm³/mol. The molecule has 2 rings (SSSR count). The number of nitrogens with one attached hydrogen (secondary N) is 1. The maximum Gasteiger partial charge on any atom is 0.254 e. The minimum atomic E-state index is -0.245. The van der Waals surface area contributed by atoms with Gasteiger partial charge < -0.3 is 9.73 Å². The van der Waals surface area contributed by atoms with E-state index in [0.29, 0.717) is 17.1 Å². The fourth-order valence-corrected chi connectivity index (χ4v) is 2.29. The highest BCUT2D eigenvalue weighted by Gasteiger charge is 2.19. The molecule has 2 aromatic rings. The van der Waals surface area contributed by atoms with Gasteiger partial charge in [-0.15, -0.1) is 0 Å². The third kappa shape index (κ3) is 3.83. The number of halogens is 1. The molecule has 0 saturated heterocycles. The Morgan fingerprint density at radius 2 is 2.29 bits per heavy atom. The molecule has 0 bridgehead atoms. The van der Waals surface area contributed by atoms with Gasteiger partial charge in [-0.3, -0.25) is 14.7 Å². The molecule has 1 unspecified atom stereocenters. The van der Waals surface area contributed by atoms with Crippen LogP contribution in [0.1, 0.15) is 27.9 Å². The van der Waals surface area contributed by atoms with E-state index in [4.69, 9.17) is 16.0 Å². The number of aromatic nitrogens is 1. The topological polar surface area (TPSA) is 58.4 Å². The number of hydrogen-bond donors (Lipinski definition) is 1. The van der Waals surface area contributed by atoms with Gasteiger partial charge in [0.25, 0.3) is 5.91 Å². The highest BCUT2D eigenvalue weighted by Crippen LogP contribution is 2.19. The van der Waals surface area contributed by atoms with E-state index in [-0.39, 0.29) is 11.9 Å². The molecule has 1 amide bonds. The lowest BCUT2D eigenvalue weighted by atomic mass is 10.2. The third-order valence-corrected chi connectivity index (χ3v) is 3.50. The summed E-state index contributed by atoms with van der Waals surface area (Å²) in [5, 5.41) is 3.27. The number of likely N-dealkylation sites (N-methyl/N-ethyl adjacent to an activating group) is 1. The lowest BCUT2D eigenvalue weighted by Gasteiger charge is -2.22. The van der Waals surface area contributed by atoms with Crippen molar-refractivity contribution in [2.45, 2.75) is 13.0 Å². The van der Waals surface area contributed by atoms with Crippen molar-refractivity contribution in [2.24, 2.45) is 0 Å². The van der Waals surface area contributed by atoms with Crippen LogP contribution in [0.25, 0.3) is 0 Å². The Hall–Kier alpha value is -1.85. The van der Waals surface area contributed by atoms with Crippen LogP contribution in [0, 0.1) is 6.92 Å². The van der Waals surface area contributed by atoms with Gasteiger partial charge in [-0.2, -0.15) is 0 Å². The summed E-state index contributed by atoms with van der Waals surface area (Å²) >= 11 is 6.07. The fraction of sp³-hybridized carbons (Fsp3) is 0.333. The molecule has 21 heavy (non-hydrogen) atoms. The van der Waals surface area contributed by atoms with Crippen LogP contribution in [0.5, 0.6) is 0 Å². The van der Waals surface area contributed by atoms with E-state index in [0.717, 1.165) is 11.5 Å². The second kappa shape index (κ2) is 6.74. The van der Waals surface area contributed by atoms with Crippen LogP contribution in [0.15, 0.2) is 35.1 Å². The normalized spacial score (nSPS) is 12.4. The number of hydrogen-bond acceptors (Lipinski definition) is 4. The van der Waals surface area contributed by atoms with E-state index in [1.807, 2.05) is 38.1 Å². The Balaban J connectivity index is 2.05. The number of aryl methyl sites for hydroxylation is 1. The first kappa shape index (κ1) is 15.5. The lowest BCUT2D eigenvalue weighted by molar-refractivity contribution is 0.0939. The van der Waals surface area contributed by atoms with Crippen LogP contribution < -0.4 is 5.32 Å². The second-order valence-corrected chi connectivity index (χ2v) is 5.42. The summed E-state index contributed by atoms with van der Waals surface area (Å²) in [4.78, 5) is 18.3. The molecule has 2 aromatic heterocycles. The molecule has 0 saturated carbocycles. The molecule has 0 radical (unpaired) electrons. The fourth-order valence-electron chi connectivity index (χ4n) is 2.00. The average Bonchev–Trinajstić information content (AvgIpc) is 2.92. The number of carbonyl (C=O) groups excluding carboxylic acids is 1. The number of carbonyl (C=O) groups is 1. The minimum absolute atomic E-state index is 0.0406. The summed E-state index contributed by atoms with van der Waals surface area (Å²) in [5.41, 5.74) is 1.15. The first-order chi connectivity index (χ1) is 9.99. The van der Waals surface area contributed by atoms with Crippen molar-refractivity contribution < 1.29 is 9.21 Å². The van der Waals surface area contributed by atoms with E-state index in [1.165, 1.54) is 6.20 Å². The average molecular weight is 308 g/mol. The molecule has 5 nitrogen and oxygen atoms in total. The molecule has 0 aliphatic carbocycles. The maximum absolute atomic E-state index is 12.2. The zero-order valence-electron chi connectivity index (χ0n) is 12.3. The van der Waals surface area contributed by atoms with E-state index in [2.05, 4.69) is 10.3 Å². The molecule has 0 aliphatic rings. The van der Waals surface area contributed by atoms with Crippen LogP contribution in [0.4, 0.5) is 0 Å². The zero-order valence-corrected chi connectivity index (χ0v) is 13.0. The number of pyridine rings is 1. The molecule has 0 aliphatic heterocycles. The van der Waals surface area contributed by atoms with Crippen LogP contribution in [-0.2, 0) is 0 Å². The van der Waals surface area contributed by atoms with Gasteiger partial charge in [0.15, 0.2) is 0 Å². The number of amides is 1. The molecule has 1 N–H and O–H groups in total. The number of furan rings is 1. The van der Waals surface area contributed by atoms with Crippen molar-refractivity contribution >= 4 is 17.5 Å². The Morgan fingerprint density at radius 3 is 2.86 bits per heavy atom. The van der Waals surface area contributed by atoms with Crippen molar-refractivity contribution in [3.05, 3.63) is 52.7 Å². The van der Waals surface area contributed by atoms with Gasteiger partial charge in [-0.1, -0.05) is 11.6 Å². The number of nitrogens with zero attached hydrogens (tertiary/aromatic N) is 2. The first-order valence-corrected chi connectivity index (χ1v) is 6.97. The van der Waals surface area contributed by atoms with E-state index >= 15 is 0 Å². The van der Waals surface area contributed by atoms with Gasteiger partial charge in [0.2, 0.25) is 0 Å². The Kier molecular flexibility index (Phi) is 4.98. The van der Waals surface area contributed by atoms with E-state index in [9.17, 15) is 4.79 Å². The van der Waals surface area contributed by atoms with Crippen LogP contribution >= 0.6 is 11.6 Å². The van der Waals surface area contributed by atoms with Crippen molar-refractivity contribution in [3.63, 3.8) is 0 Å². The summed E-state index contributed by atoms with van der Waals surface area (Å²) < 4.78 is 5.40. The highest BCUT2D eigenvalue weighted by molar-refractivity contribution is 6.33. The Morgan fingerprint density at radius 1 is 1.52 bits per heavy atom. The SMILES string of the molecule is Cc1cc(Cl)c(C(=O)NCC(c2ccco2)N(C)C)cn1. The molecule has 1 atom stereocenters. The Labute approximate surface area is 128 Å². The quantitative estimate of drug-likeness (QED) is 0.922. The van der Waals surface area contributed by atoms with Gasteiger partial charge in [0.05, 0.1) is 22.9 Å². The molecular weight excluding hydrogens is 290 g/mol. The van der Waals surface area contributed by atoms with Gasteiger partial charge in [-0.25, -0.2) is 0 Å². The van der Waals surface area contributed by atoms with Gasteiger partial charge in [-0.05, 0) is 39.2 Å². The van der Waals surface area contributed by atoms with Gasteiger partial charge in [0.1, 0.15) is 5.76 Å². The summed E-state index contributed by atoms with van der Waals surface area (Å²) in [7, 11) is 3.86. The van der Waals surface area contributed by atoms with E-state index in [1.54, 1.807) is 12.3 Å². The number of rotatable bonds is 5. The molecule has 6 heteroatoms. The standard InChI is InChI=1S/C15H18ClN3O2/c1-10-7-12(16)11(8-17-10)15(20)18-9-13(19(2)3)14-5-4-6-21-14/h4-8,13H,9H2,1-3H3,(H,18,20). The summed E-state index contributed by atoms with van der Waals surface area (Å²) in [6.07, 6.45) is 3.11. The van der Waals surface area contributed by atoms with Gasteiger partial charge in [0, 0.05) is 18.4 Å². The lowest BCUT2D eigenvalue weighted by Crippen LogP contribution is -2.34. The Bertz CT molecular complexity index is 611. The molecule has 0 fully saturated rings. The summed E-state index contributed by atoms with van der Waals surface area (Å²) in [6, 6.07) is 5.35. The van der Waals surface area contributed by atoms with E-state index < -0.39 is 0 Å². The second-order valence-electron chi connectivity index (χ2n) is 5.01. The predicted octanol–water partition coefficient (Wildman–Crippen LogP) is 2.67. The van der Waals surface area contributed by atoms with Crippen LogP contribution in [-0.4, -0.2) is 36.4 Å². The smallest absolute Gasteiger partial charge is 0.254 e. The first-order valence-electron chi connectivity index (χ1n) is 6.59. The minimum Gasteiger partial charge on any atom is -0.468 e. The van der Waals surface area contributed by atoms with Crippen molar-refractivity contribution in [2.75, 3.05) is 20.6 Å². The van der Waals surface area contributed by atoms with Crippen LogP contribution in [0.3, 0.4) is 0 Å². The van der Waals surface area contributed by atoms with Crippen LogP contribution in [0.2, 0.25) is 5.02 Å².